The van der Waals surface area contributed by atoms with Crippen LogP contribution in [0.2, 0.25) is 0 Å². The molecule has 0 aliphatic heterocycles. The minimum atomic E-state index is -0.236. The number of halogens is 2. The summed E-state index contributed by atoms with van der Waals surface area (Å²) in [5.74, 6) is -0.322. The molecule has 1 amide bonds. The van der Waals surface area contributed by atoms with Crippen LogP contribution in [-0.2, 0) is 11.2 Å². The number of rotatable bonds is 6. The summed E-state index contributed by atoms with van der Waals surface area (Å²) >= 11 is 3.34. The van der Waals surface area contributed by atoms with Crippen molar-refractivity contribution >= 4 is 27.5 Å². The van der Waals surface area contributed by atoms with Crippen molar-refractivity contribution in [2.24, 2.45) is 0 Å². The molecule has 0 atom stereocenters. The fourth-order valence-corrected chi connectivity index (χ4v) is 2.09. The van der Waals surface area contributed by atoms with Gasteiger partial charge >= 0.3 is 0 Å². The first-order valence-electron chi connectivity index (χ1n) is 6.64. The monoisotopic (exact) mass is 350 g/mol. The number of amides is 1. The molecule has 21 heavy (non-hydrogen) atoms. The van der Waals surface area contributed by atoms with Crippen molar-refractivity contribution < 1.29 is 9.18 Å². The Morgan fingerprint density at radius 1 is 1.05 bits per heavy atom. The second-order valence-corrected chi connectivity index (χ2v) is 5.52. The Labute approximate surface area is 131 Å². The average molecular weight is 351 g/mol. The molecule has 0 spiro atoms. The molecule has 0 saturated carbocycles. The number of carbonyl (C=O) groups excluding carboxylic acids is 1. The van der Waals surface area contributed by atoms with Gasteiger partial charge in [0.2, 0.25) is 5.91 Å². The normalized spacial score (nSPS) is 10.4. The largest absolute Gasteiger partial charge is 0.325 e. The van der Waals surface area contributed by atoms with Gasteiger partial charge in [-0.3, -0.25) is 4.79 Å². The van der Waals surface area contributed by atoms with Crippen LogP contribution in [0.4, 0.5) is 10.1 Å². The van der Waals surface area contributed by atoms with Crippen LogP contribution in [0.5, 0.6) is 0 Å². The van der Waals surface area contributed by atoms with Gasteiger partial charge in [-0.05, 0) is 54.9 Å². The maximum atomic E-state index is 12.7. The molecule has 110 valence electrons. The van der Waals surface area contributed by atoms with Crippen molar-refractivity contribution in [2.75, 3.05) is 18.4 Å². The zero-order valence-electron chi connectivity index (χ0n) is 11.4. The number of hydrogen-bond acceptors (Lipinski definition) is 2. The van der Waals surface area contributed by atoms with E-state index >= 15 is 0 Å². The van der Waals surface area contributed by atoms with Crippen molar-refractivity contribution in [3.05, 3.63) is 64.4 Å². The molecule has 0 fully saturated rings. The van der Waals surface area contributed by atoms with Gasteiger partial charge in [-0.15, -0.1) is 0 Å². The predicted octanol–water partition coefficient (Wildman–Crippen LogP) is 3.36. The number of nitrogens with one attached hydrogen (secondary N) is 2. The highest BCUT2D eigenvalue weighted by Crippen LogP contribution is 2.13. The van der Waals surface area contributed by atoms with Gasteiger partial charge in [0.05, 0.1) is 6.54 Å². The summed E-state index contributed by atoms with van der Waals surface area (Å²) in [6, 6.07) is 13.8. The van der Waals surface area contributed by atoms with Crippen LogP contribution >= 0.6 is 15.9 Å². The first-order valence-corrected chi connectivity index (χ1v) is 7.43. The Hall–Kier alpha value is -1.72. The SMILES string of the molecule is O=C(CNCCc1ccc(F)cc1)Nc1ccc(Br)cc1. The van der Waals surface area contributed by atoms with Crippen LogP contribution in [0.15, 0.2) is 53.0 Å². The first kappa shape index (κ1) is 15.7. The molecule has 0 aliphatic carbocycles. The molecule has 2 aromatic rings. The van der Waals surface area contributed by atoms with E-state index in [1.54, 1.807) is 12.1 Å². The van der Waals surface area contributed by atoms with E-state index in [1.165, 1.54) is 12.1 Å². The summed E-state index contributed by atoms with van der Waals surface area (Å²) in [6.07, 6.45) is 0.756. The van der Waals surface area contributed by atoms with E-state index in [2.05, 4.69) is 26.6 Å². The van der Waals surface area contributed by atoms with Crippen molar-refractivity contribution in [2.45, 2.75) is 6.42 Å². The van der Waals surface area contributed by atoms with Crippen LogP contribution in [0, 0.1) is 5.82 Å². The molecule has 0 heterocycles. The van der Waals surface area contributed by atoms with E-state index < -0.39 is 0 Å². The smallest absolute Gasteiger partial charge is 0.238 e. The molecule has 0 saturated heterocycles. The Morgan fingerprint density at radius 3 is 2.38 bits per heavy atom. The molecule has 0 unspecified atom stereocenters. The summed E-state index contributed by atoms with van der Waals surface area (Å²) in [4.78, 5) is 11.7. The molecule has 2 N–H and O–H groups in total. The summed E-state index contributed by atoms with van der Waals surface area (Å²) in [5.41, 5.74) is 1.81. The van der Waals surface area contributed by atoms with E-state index in [1.807, 2.05) is 24.3 Å². The zero-order chi connectivity index (χ0) is 15.1. The Balaban J connectivity index is 1.67. The van der Waals surface area contributed by atoms with Gasteiger partial charge in [0, 0.05) is 10.2 Å². The van der Waals surface area contributed by atoms with E-state index in [4.69, 9.17) is 0 Å². The summed E-state index contributed by atoms with van der Waals surface area (Å²) < 4.78 is 13.7. The van der Waals surface area contributed by atoms with Gasteiger partial charge in [0.15, 0.2) is 0 Å². The van der Waals surface area contributed by atoms with Crippen molar-refractivity contribution in [3.8, 4) is 0 Å². The van der Waals surface area contributed by atoms with Crippen molar-refractivity contribution in [1.29, 1.82) is 0 Å². The second-order valence-electron chi connectivity index (χ2n) is 4.61. The lowest BCUT2D eigenvalue weighted by Gasteiger charge is -2.07. The minimum absolute atomic E-state index is 0.0866. The number of hydrogen-bond donors (Lipinski definition) is 2. The number of anilines is 1. The van der Waals surface area contributed by atoms with E-state index in [0.717, 1.165) is 22.1 Å². The zero-order valence-corrected chi connectivity index (χ0v) is 13.0. The van der Waals surface area contributed by atoms with Gasteiger partial charge in [-0.25, -0.2) is 4.39 Å². The standard InChI is InChI=1S/C16H16BrFN2O/c17-13-3-7-15(8-4-13)20-16(21)11-19-10-9-12-1-5-14(18)6-2-12/h1-8,19H,9-11H2,(H,20,21). The number of carbonyl (C=O) groups is 1. The maximum Gasteiger partial charge on any atom is 0.238 e. The summed E-state index contributed by atoms with van der Waals surface area (Å²) in [6.45, 7) is 0.913. The molecular weight excluding hydrogens is 335 g/mol. The lowest BCUT2D eigenvalue weighted by molar-refractivity contribution is -0.115. The van der Waals surface area contributed by atoms with Gasteiger partial charge in [0.1, 0.15) is 5.82 Å². The Morgan fingerprint density at radius 2 is 1.71 bits per heavy atom. The highest BCUT2D eigenvalue weighted by molar-refractivity contribution is 9.10. The topological polar surface area (TPSA) is 41.1 Å². The van der Waals surface area contributed by atoms with Crippen LogP contribution < -0.4 is 10.6 Å². The van der Waals surface area contributed by atoms with E-state index in [0.29, 0.717) is 6.54 Å². The first-order chi connectivity index (χ1) is 10.1. The molecule has 5 heteroatoms. The third kappa shape index (κ3) is 5.65. The van der Waals surface area contributed by atoms with Crippen LogP contribution in [0.3, 0.4) is 0 Å². The van der Waals surface area contributed by atoms with Crippen molar-refractivity contribution in [3.63, 3.8) is 0 Å². The van der Waals surface area contributed by atoms with Crippen LogP contribution in [0.1, 0.15) is 5.56 Å². The lowest BCUT2D eigenvalue weighted by Crippen LogP contribution is -2.29. The highest BCUT2D eigenvalue weighted by Gasteiger charge is 2.02. The van der Waals surface area contributed by atoms with Gasteiger partial charge in [0.25, 0.3) is 0 Å². The van der Waals surface area contributed by atoms with Gasteiger partial charge in [-0.1, -0.05) is 28.1 Å². The Kier molecular flexibility index (Phi) is 5.90. The van der Waals surface area contributed by atoms with Crippen LogP contribution in [-0.4, -0.2) is 19.0 Å². The molecule has 3 nitrogen and oxygen atoms in total. The van der Waals surface area contributed by atoms with Gasteiger partial charge in [-0.2, -0.15) is 0 Å². The van der Waals surface area contributed by atoms with Crippen molar-refractivity contribution in [1.82, 2.24) is 5.32 Å². The molecule has 0 aromatic heterocycles. The predicted molar refractivity (Wildman–Crippen MR) is 85.7 cm³/mol. The summed E-state index contributed by atoms with van der Waals surface area (Å²) in [5, 5.41) is 5.87. The molecule has 0 radical (unpaired) electrons. The molecule has 2 aromatic carbocycles. The second kappa shape index (κ2) is 7.90. The maximum absolute atomic E-state index is 12.7. The molecule has 0 aliphatic rings. The minimum Gasteiger partial charge on any atom is -0.325 e. The lowest BCUT2D eigenvalue weighted by atomic mass is 10.1. The third-order valence-corrected chi connectivity index (χ3v) is 3.45. The average Bonchev–Trinajstić information content (AvgIpc) is 2.48. The Bertz CT molecular complexity index is 584. The summed E-state index contributed by atoms with van der Waals surface area (Å²) in [7, 11) is 0. The highest BCUT2D eigenvalue weighted by atomic mass is 79.9. The molecule has 2 rings (SSSR count). The van der Waals surface area contributed by atoms with Gasteiger partial charge < -0.3 is 10.6 Å². The van der Waals surface area contributed by atoms with E-state index in [9.17, 15) is 9.18 Å². The fraction of sp³-hybridized carbons (Fsp3) is 0.188. The van der Waals surface area contributed by atoms with Crippen LogP contribution in [0.25, 0.3) is 0 Å². The number of benzene rings is 2. The fourth-order valence-electron chi connectivity index (χ4n) is 1.82. The molecule has 0 bridgehead atoms. The third-order valence-electron chi connectivity index (χ3n) is 2.92. The van der Waals surface area contributed by atoms with E-state index in [-0.39, 0.29) is 18.3 Å². The molecular formula is C16H16BrFN2O. The quantitative estimate of drug-likeness (QED) is 0.784.